The minimum absolute atomic E-state index is 0.433. The highest BCUT2D eigenvalue weighted by Gasteiger charge is 2.20. The predicted molar refractivity (Wildman–Crippen MR) is 75.3 cm³/mol. The molecule has 19 heavy (non-hydrogen) atoms. The fourth-order valence-corrected chi connectivity index (χ4v) is 2.07. The van der Waals surface area contributed by atoms with Crippen LogP contribution in [0, 0.1) is 0 Å². The van der Waals surface area contributed by atoms with Gasteiger partial charge in [0.05, 0.1) is 0 Å². The third-order valence-electron chi connectivity index (χ3n) is 3.42. The molecule has 0 bridgehead atoms. The zero-order valence-corrected chi connectivity index (χ0v) is 11.5. The number of rotatable bonds is 5. The average Bonchev–Trinajstić information content (AvgIpc) is 3.07. The fourth-order valence-electron chi connectivity index (χ4n) is 2.07. The maximum absolute atomic E-state index is 4.71. The van der Waals surface area contributed by atoms with Gasteiger partial charge in [-0.2, -0.15) is 0 Å². The van der Waals surface area contributed by atoms with Gasteiger partial charge in [0.2, 0.25) is 0 Å². The van der Waals surface area contributed by atoms with Crippen LogP contribution in [0.2, 0.25) is 0 Å². The normalized spacial score (nSPS) is 15.1. The van der Waals surface area contributed by atoms with Crippen LogP contribution in [-0.4, -0.2) is 20.6 Å². The first-order valence-electron chi connectivity index (χ1n) is 6.95. The van der Waals surface area contributed by atoms with Gasteiger partial charge in [-0.1, -0.05) is 13.8 Å². The van der Waals surface area contributed by atoms with Crippen molar-refractivity contribution < 1.29 is 0 Å². The van der Waals surface area contributed by atoms with Gasteiger partial charge in [-0.15, -0.1) is 0 Å². The third-order valence-corrected chi connectivity index (χ3v) is 3.42. The molecular formula is C15H20N4. The molecule has 2 aromatic heterocycles. The Kier molecular flexibility index (Phi) is 3.34. The number of nitrogens with one attached hydrogen (secondary N) is 1. The van der Waals surface area contributed by atoms with E-state index in [0.29, 0.717) is 5.92 Å². The van der Waals surface area contributed by atoms with Crippen LogP contribution in [0.5, 0.6) is 0 Å². The van der Waals surface area contributed by atoms with Crippen molar-refractivity contribution in [2.24, 2.45) is 0 Å². The molecule has 3 rings (SSSR count). The molecule has 4 heteroatoms. The summed E-state index contributed by atoms with van der Waals surface area (Å²) in [7, 11) is 0. The highest BCUT2D eigenvalue weighted by Crippen LogP contribution is 2.21. The molecule has 0 aromatic carbocycles. The van der Waals surface area contributed by atoms with E-state index in [2.05, 4.69) is 36.3 Å². The van der Waals surface area contributed by atoms with Gasteiger partial charge in [0.15, 0.2) is 0 Å². The lowest BCUT2D eigenvalue weighted by Gasteiger charge is -2.12. The Balaban J connectivity index is 1.89. The van der Waals surface area contributed by atoms with Crippen molar-refractivity contribution in [3.8, 4) is 5.82 Å². The molecule has 0 unspecified atom stereocenters. The maximum atomic E-state index is 4.71. The van der Waals surface area contributed by atoms with Crippen molar-refractivity contribution in [2.45, 2.75) is 45.2 Å². The maximum Gasteiger partial charge on any atom is 0.138 e. The molecule has 0 spiro atoms. The van der Waals surface area contributed by atoms with Crippen molar-refractivity contribution in [3.63, 3.8) is 0 Å². The standard InChI is InChI=1S/C15H20N4/c1-11(2)14-7-12(9-17-13-3-4-13)8-15(18-14)19-6-5-16-10-19/h5-8,10-11,13,17H,3-4,9H2,1-2H3. The van der Waals surface area contributed by atoms with Gasteiger partial charge >= 0.3 is 0 Å². The summed E-state index contributed by atoms with van der Waals surface area (Å²) in [6, 6.07) is 5.08. The third kappa shape index (κ3) is 3.01. The van der Waals surface area contributed by atoms with Gasteiger partial charge in [0.1, 0.15) is 12.1 Å². The van der Waals surface area contributed by atoms with Crippen LogP contribution in [0.1, 0.15) is 43.9 Å². The molecule has 1 saturated carbocycles. The Labute approximate surface area is 113 Å². The van der Waals surface area contributed by atoms with Crippen LogP contribution in [0.25, 0.3) is 5.82 Å². The first kappa shape index (κ1) is 12.4. The minimum atomic E-state index is 0.433. The van der Waals surface area contributed by atoms with Crippen molar-refractivity contribution in [3.05, 3.63) is 42.1 Å². The molecule has 0 saturated heterocycles. The Morgan fingerprint density at radius 1 is 1.37 bits per heavy atom. The molecule has 1 fully saturated rings. The zero-order chi connectivity index (χ0) is 13.2. The Hall–Kier alpha value is -1.68. The first-order chi connectivity index (χ1) is 9.22. The molecule has 1 N–H and O–H groups in total. The van der Waals surface area contributed by atoms with Crippen LogP contribution in [0.15, 0.2) is 30.9 Å². The van der Waals surface area contributed by atoms with Crippen molar-refractivity contribution in [1.82, 2.24) is 19.9 Å². The highest BCUT2D eigenvalue weighted by molar-refractivity contribution is 5.32. The topological polar surface area (TPSA) is 42.7 Å². The summed E-state index contributed by atoms with van der Waals surface area (Å²) in [6.07, 6.45) is 8.15. The minimum Gasteiger partial charge on any atom is -0.310 e. The van der Waals surface area contributed by atoms with Crippen molar-refractivity contribution in [2.75, 3.05) is 0 Å². The lowest BCUT2D eigenvalue weighted by atomic mass is 10.1. The van der Waals surface area contributed by atoms with Crippen LogP contribution in [0.4, 0.5) is 0 Å². The van der Waals surface area contributed by atoms with E-state index in [1.807, 2.05) is 10.8 Å². The van der Waals surface area contributed by atoms with Crippen LogP contribution in [0.3, 0.4) is 0 Å². The highest BCUT2D eigenvalue weighted by atomic mass is 15.1. The molecule has 2 aromatic rings. The van der Waals surface area contributed by atoms with E-state index in [0.717, 1.165) is 24.1 Å². The smallest absolute Gasteiger partial charge is 0.138 e. The summed E-state index contributed by atoms with van der Waals surface area (Å²) in [5, 5.41) is 3.56. The number of hydrogen-bond donors (Lipinski definition) is 1. The number of nitrogens with zero attached hydrogens (tertiary/aromatic N) is 3. The van der Waals surface area contributed by atoms with Gasteiger partial charge in [-0.25, -0.2) is 9.97 Å². The second-order valence-corrected chi connectivity index (χ2v) is 5.54. The molecule has 2 heterocycles. The van der Waals surface area contributed by atoms with E-state index >= 15 is 0 Å². The summed E-state index contributed by atoms with van der Waals surface area (Å²) in [5.74, 6) is 1.39. The van der Waals surface area contributed by atoms with Gasteiger partial charge in [-0.3, -0.25) is 4.57 Å². The summed E-state index contributed by atoms with van der Waals surface area (Å²) >= 11 is 0. The number of hydrogen-bond acceptors (Lipinski definition) is 3. The second kappa shape index (κ2) is 5.13. The molecule has 1 aliphatic carbocycles. The molecule has 0 aliphatic heterocycles. The summed E-state index contributed by atoms with van der Waals surface area (Å²) in [6.45, 7) is 5.28. The predicted octanol–water partition coefficient (Wildman–Crippen LogP) is 2.64. The lowest BCUT2D eigenvalue weighted by molar-refractivity contribution is 0.682. The molecule has 0 amide bonds. The molecule has 100 valence electrons. The second-order valence-electron chi connectivity index (χ2n) is 5.54. The Bertz CT molecular complexity index is 541. The van der Waals surface area contributed by atoms with E-state index < -0.39 is 0 Å². The Morgan fingerprint density at radius 3 is 2.84 bits per heavy atom. The lowest BCUT2D eigenvalue weighted by Crippen LogP contribution is -2.16. The number of aromatic nitrogens is 3. The monoisotopic (exact) mass is 256 g/mol. The molecule has 4 nitrogen and oxygen atoms in total. The van der Waals surface area contributed by atoms with Crippen molar-refractivity contribution >= 4 is 0 Å². The van der Waals surface area contributed by atoms with E-state index in [4.69, 9.17) is 4.98 Å². The summed E-state index contributed by atoms with van der Waals surface area (Å²) < 4.78 is 1.96. The average molecular weight is 256 g/mol. The Morgan fingerprint density at radius 2 is 2.21 bits per heavy atom. The van der Waals surface area contributed by atoms with Gasteiger partial charge in [0, 0.05) is 30.7 Å². The largest absolute Gasteiger partial charge is 0.310 e. The number of imidazole rings is 1. The van der Waals surface area contributed by atoms with Crippen molar-refractivity contribution in [1.29, 1.82) is 0 Å². The van der Waals surface area contributed by atoms with Gasteiger partial charge < -0.3 is 5.32 Å². The van der Waals surface area contributed by atoms with Gasteiger partial charge in [-0.05, 0) is 36.5 Å². The quantitative estimate of drug-likeness (QED) is 0.894. The molecular weight excluding hydrogens is 236 g/mol. The van der Waals surface area contributed by atoms with E-state index in [-0.39, 0.29) is 0 Å². The zero-order valence-electron chi connectivity index (χ0n) is 11.5. The fraction of sp³-hybridized carbons (Fsp3) is 0.467. The molecule has 0 atom stereocenters. The molecule has 0 radical (unpaired) electrons. The first-order valence-corrected chi connectivity index (χ1v) is 6.95. The SMILES string of the molecule is CC(C)c1cc(CNC2CC2)cc(-n2ccnc2)n1. The number of pyridine rings is 1. The van der Waals surface area contributed by atoms with Crippen LogP contribution >= 0.6 is 0 Å². The van der Waals surface area contributed by atoms with Crippen LogP contribution in [-0.2, 0) is 6.54 Å². The molecule has 1 aliphatic rings. The summed E-state index contributed by atoms with van der Waals surface area (Å²) in [5.41, 5.74) is 2.44. The van der Waals surface area contributed by atoms with E-state index in [1.165, 1.54) is 18.4 Å². The summed E-state index contributed by atoms with van der Waals surface area (Å²) in [4.78, 5) is 8.81. The van der Waals surface area contributed by atoms with Crippen LogP contribution < -0.4 is 5.32 Å². The van der Waals surface area contributed by atoms with E-state index in [1.54, 1.807) is 12.5 Å². The van der Waals surface area contributed by atoms with Gasteiger partial charge in [0.25, 0.3) is 0 Å². The van der Waals surface area contributed by atoms with E-state index in [9.17, 15) is 0 Å².